The zero-order valence-electron chi connectivity index (χ0n) is 10.0. The molecule has 0 amide bonds. The van der Waals surface area contributed by atoms with Crippen molar-refractivity contribution in [3.05, 3.63) is 40.7 Å². The highest BCUT2D eigenvalue weighted by Crippen LogP contribution is 2.65. The maximum Gasteiger partial charge on any atom is 0.0992 e. The van der Waals surface area contributed by atoms with E-state index in [9.17, 15) is 0 Å². The van der Waals surface area contributed by atoms with Gasteiger partial charge in [0.2, 0.25) is 0 Å². The summed E-state index contributed by atoms with van der Waals surface area (Å²) in [6.07, 6.45) is 0. The second-order valence-corrected chi connectivity index (χ2v) is 11.4. The average molecular weight is 370 g/mol. The van der Waals surface area contributed by atoms with Crippen molar-refractivity contribution in [3.8, 4) is 6.07 Å². The first-order chi connectivity index (χ1) is 9.83. The van der Waals surface area contributed by atoms with Crippen LogP contribution < -0.4 is 0 Å². The quantitative estimate of drug-likeness (QED) is 0.555. The van der Waals surface area contributed by atoms with E-state index in [1.807, 2.05) is 82.7 Å². The highest BCUT2D eigenvalue weighted by atomic mass is 32.3. The number of hydrogen-bond acceptors (Lipinski definition) is 7. The van der Waals surface area contributed by atoms with Crippen molar-refractivity contribution >= 4 is 70.6 Å². The maximum atomic E-state index is 8.99. The highest BCUT2D eigenvalue weighted by molar-refractivity contribution is 8.42. The van der Waals surface area contributed by atoms with Gasteiger partial charge >= 0.3 is 0 Å². The van der Waals surface area contributed by atoms with Crippen molar-refractivity contribution in [2.45, 2.75) is 9.79 Å². The van der Waals surface area contributed by atoms with Crippen LogP contribution in [0.15, 0.2) is 44.9 Å². The molecule has 1 aromatic carbocycles. The second-order valence-electron chi connectivity index (χ2n) is 4.03. The molecular weight excluding hydrogens is 363 g/mol. The molecule has 0 bridgehead atoms. The Morgan fingerprint density at radius 2 is 1.45 bits per heavy atom. The highest BCUT2D eigenvalue weighted by Gasteiger charge is 2.30. The van der Waals surface area contributed by atoms with E-state index in [-0.39, 0.29) is 0 Å². The van der Waals surface area contributed by atoms with E-state index in [0.717, 1.165) is 5.56 Å². The molecule has 0 spiro atoms. The molecule has 20 heavy (non-hydrogen) atoms. The monoisotopic (exact) mass is 369 g/mol. The normalized spacial score (nSPS) is 20.9. The van der Waals surface area contributed by atoms with E-state index >= 15 is 0 Å². The summed E-state index contributed by atoms with van der Waals surface area (Å²) in [6.45, 7) is 0. The van der Waals surface area contributed by atoms with Crippen LogP contribution in [-0.2, 0) is 0 Å². The number of hydrogen-bond donors (Lipinski definition) is 0. The molecule has 3 aliphatic rings. The molecule has 0 fully saturated rings. The second kappa shape index (κ2) is 5.82. The number of fused-ring (bicyclic) bond motifs is 1. The molecule has 0 atom stereocenters. The molecule has 0 aromatic heterocycles. The van der Waals surface area contributed by atoms with Gasteiger partial charge in [-0.25, -0.2) is 0 Å². The lowest BCUT2D eigenvalue weighted by atomic mass is 10.2. The Balaban J connectivity index is 1.61. The van der Waals surface area contributed by atoms with Crippen LogP contribution in [-0.4, -0.2) is 11.5 Å². The molecule has 0 N–H and O–H groups in total. The fourth-order valence-electron chi connectivity index (χ4n) is 1.85. The predicted molar refractivity (Wildman–Crippen MR) is 97.0 cm³/mol. The molecule has 7 heteroatoms. The van der Waals surface area contributed by atoms with Crippen molar-refractivity contribution in [1.29, 1.82) is 5.26 Å². The lowest BCUT2D eigenvalue weighted by Gasteiger charge is -2.08. The van der Waals surface area contributed by atoms with Gasteiger partial charge in [-0.2, -0.15) is 5.26 Å². The standard InChI is InChI=1S/C13H7NS6/c14-6-7-1-2-8-9(5-7)18-12(17-8)13-19-10-11(20-13)16-4-3-15-10/h1-2,5H,3-4H2. The summed E-state index contributed by atoms with van der Waals surface area (Å²) in [6, 6.07) is 8.20. The average Bonchev–Trinajstić information content (AvgIpc) is 3.09. The molecule has 0 saturated heterocycles. The summed E-state index contributed by atoms with van der Waals surface area (Å²) >= 11 is 11.5. The van der Waals surface area contributed by atoms with E-state index in [1.165, 1.54) is 38.2 Å². The number of rotatable bonds is 0. The van der Waals surface area contributed by atoms with Gasteiger partial charge < -0.3 is 0 Å². The summed E-state index contributed by atoms with van der Waals surface area (Å²) in [5.74, 6) is 2.46. The van der Waals surface area contributed by atoms with Crippen molar-refractivity contribution in [1.82, 2.24) is 0 Å². The number of nitriles is 1. The Labute approximate surface area is 143 Å². The molecule has 1 aromatic rings. The molecule has 3 heterocycles. The SMILES string of the molecule is N#Cc1ccc2c(c1)SC(=C1SC3=C(SCCS3)S1)S2. The Kier molecular flexibility index (Phi) is 4.05. The van der Waals surface area contributed by atoms with Crippen LogP contribution in [0.2, 0.25) is 0 Å². The summed E-state index contributed by atoms with van der Waals surface area (Å²) in [7, 11) is 0. The van der Waals surface area contributed by atoms with Crippen molar-refractivity contribution < 1.29 is 0 Å². The molecule has 0 radical (unpaired) electrons. The Hall–Kier alpha value is 0.290. The first-order valence-corrected chi connectivity index (χ1v) is 11.1. The van der Waals surface area contributed by atoms with Gasteiger partial charge in [-0.1, -0.05) is 47.0 Å². The third-order valence-corrected chi connectivity index (χ3v) is 11.6. The lowest BCUT2D eigenvalue weighted by molar-refractivity contribution is 1.25. The van der Waals surface area contributed by atoms with Gasteiger partial charge in [0.25, 0.3) is 0 Å². The Morgan fingerprint density at radius 1 is 0.800 bits per heavy atom. The topological polar surface area (TPSA) is 23.8 Å². The fraction of sp³-hybridized carbons (Fsp3) is 0.154. The summed E-state index contributed by atoms with van der Waals surface area (Å²) in [5, 5.41) is 8.99. The molecule has 4 rings (SSSR count). The predicted octanol–water partition coefficient (Wildman–Crippen LogP) is 5.97. The molecule has 1 nitrogen and oxygen atoms in total. The van der Waals surface area contributed by atoms with E-state index in [2.05, 4.69) is 12.1 Å². The summed E-state index contributed by atoms with van der Waals surface area (Å²) < 4.78 is 5.77. The van der Waals surface area contributed by atoms with Gasteiger partial charge in [-0.15, -0.1) is 23.5 Å². The molecule has 3 aliphatic heterocycles. The maximum absolute atomic E-state index is 8.99. The van der Waals surface area contributed by atoms with Gasteiger partial charge in [0, 0.05) is 21.3 Å². The van der Waals surface area contributed by atoms with Crippen LogP contribution >= 0.6 is 70.6 Å². The summed E-state index contributed by atoms with van der Waals surface area (Å²) in [4.78, 5) is 2.51. The molecule has 0 aliphatic carbocycles. The van der Waals surface area contributed by atoms with Gasteiger partial charge in [0.1, 0.15) is 0 Å². The first-order valence-electron chi connectivity index (χ1n) is 5.83. The van der Waals surface area contributed by atoms with Gasteiger partial charge in [-0.05, 0) is 18.2 Å². The molecular formula is C13H7NS6. The molecule has 0 unspecified atom stereocenters. The zero-order chi connectivity index (χ0) is 13.5. The van der Waals surface area contributed by atoms with E-state index in [0.29, 0.717) is 0 Å². The van der Waals surface area contributed by atoms with Crippen molar-refractivity contribution in [2.24, 2.45) is 0 Å². The van der Waals surface area contributed by atoms with E-state index < -0.39 is 0 Å². The van der Waals surface area contributed by atoms with Crippen LogP contribution in [0.25, 0.3) is 0 Å². The van der Waals surface area contributed by atoms with Crippen molar-refractivity contribution in [2.75, 3.05) is 11.5 Å². The van der Waals surface area contributed by atoms with Crippen LogP contribution in [0.4, 0.5) is 0 Å². The lowest BCUT2D eigenvalue weighted by Crippen LogP contribution is -1.88. The minimum Gasteiger partial charge on any atom is -0.192 e. The first kappa shape index (κ1) is 13.9. The smallest absolute Gasteiger partial charge is 0.0992 e. The Morgan fingerprint density at radius 3 is 2.15 bits per heavy atom. The minimum absolute atomic E-state index is 0.748. The van der Waals surface area contributed by atoms with Crippen molar-refractivity contribution in [3.63, 3.8) is 0 Å². The number of nitrogens with zero attached hydrogens (tertiary/aromatic N) is 1. The summed E-state index contributed by atoms with van der Waals surface area (Å²) in [5.41, 5.74) is 0.748. The Bertz CT molecular complexity index is 679. The van der Waals surface area contributed by atoms with E-state index in [1.54, 1.807) is 0 Å². The van der Waals surface area contributed by atoms with E-state index in [4.69, 9.17) is 5.26 Å². The van der Waals surface area contributed by atoms with Crippen LogP contribution in [0, 0.1) is 11.3 Å². The van der Waals surface area contributed by atoms with Gasteiger partial charge in [-0.3, -0.25) is 0 Å². The zero-order valence-corrected chi connectivity index (χ0v) is 14.9. The van der Waals surface area contributed by atoms with Gasteiger partial charge in [0.05, 0.1) is 28.6 Å². The largest absolute Gasteiger partial charge is 0.192 e. The third kappa shape index (κ3) is 2.55. The molecule has 0 saturated carbocycles. The van der Waals surface area contributed by atoms with Crippen LogP contribution in [0.1, 0.15) is 5.56 Å². The van der Waals surface area contributed by atoms with Crippen LogP contribution in [0.5, 0.6) is 0 Å². The number of thioether (sulfide) groups is 6. The fourth-order valence-corrected chi connectivity index (χ4v) is 10.6. The van der Waals surface area contributed by atoms with Gasteiger partial charge in [0.15, 0.2) is 0 Å². The molecule has 100 valence electrons. The number of benzene rings is 1. The third-order valence-electron chi connectivity index (χ3n) is 2.73. The minimum atomic E-state index is 0.748. The van der Waals surface area contributed by atoms with Crippen LogP contribution in [0.3, 0.4) is 0 Å².